The van der Waals surface area contributed by atoms with Crippen LogP contribution in [0.25, 0.3) is 21.8 Å². The van der Waals surface area contributed by atoms with Crippen molar-refractivity contribution in [1.29, 1.82) is 0 Å². The number of halogens is 1. The Hall–Kier alpha value is -2.96. The summed E-state index contributed by atoms with van der Waals surface area (Å²) in [6.07, 6.45) is 5.35. The van der Waals surface area contributed by atoms with Crippen LogP contribution in [0, 0.1) is 6.92 Å². The number of nitrogens with zero attached hydrogens (tertiary/aromatic N) is 5. The summed E-state index contributed by atoms with van der Waals surface area (Å²) in [6, 6.07) is 14.1. The van der Waals surface area contributed by atoms with E-state index >= 15 is 0 Å². The molecule has 1 aliphatic rings. The summed E-state index contributed by atoms with van der Waals surface area (Å²) in [6.45, 7) is 7.87. The van der Waals surface area contributed by atoms with Crippen LogP contribution in [0.1, 0.15) is 18.4 Å². The van der Waals surface area contributed by atoms with Crippen molar-refractivity contribution in [2.45, 2.75) is 26.3 Å². The number of anilines is 1. The molecule has 0 atom stereocenters. The smallest absolute Gasteiger partial charge is 0.262 e. The molecular formula is C26H28ClN5O. The van der Waals surface area contributed by atoms with Gasteiger partial charge in [0.05, 0.1) is 22.7 Å². The molecule has 1 fully saturated rings. The normalized spacial score (nSPS) is 14.9. The summed E-state index contributed by atoms with van der Waals surface area (Å²) in [5, 5.41) is 2.31. The van der Waals surface area contributed by atoms with E-state index in [1.165, 1.54) is 5.69 Å². The number of aryl methyl sites for hydroxylation is 2. The lowest BCUT2D eigenvalue weighted by atomic mass is 10.1. The fourth-order valence-electron chi connectivity index (χ4n) is 4.60. The van der Waals surface area contributed by atoms with Crippen molar-refractivity contribution in [2.24, 2.45) is 0 Å². The molecular weight excluding hydrogens is 434 g/mol. The second-order valence-electron chi connectivity index (χ2n) is 8.80. The first-order valence-corrected chi connectivity index (χ1v) is 11.9. The number of unbranched alkanes of at least 4 members (excludes halogenated alkanes) is 1. The molecule has 0 saturated carbocycles. The van der Waals surface area contributed by atoms with Crippen LogP contribution in [0.4, 0.5) is 5.69 Å². The van der Waals surface area contributed by atoms with E-state index in [4.69, 9.17) is 11.6 Å². The minimum Gasteiger partial charge on any atom is -0.369 e. The molecule has 0 bridgehead atoms. The largest absolute Gasteiger partial charge is 0.369 e. The number of pyridine rings is 1. The summed E-state index contributed by atoms with van der Waals surface area (Å²) >= 11 is 6.13. The van der Waals surface area contributed by atoms with E-state index in [1.54, 1.807) is 17.1 Å². The van der Waals surface area contributed by atoms with Crippen molar-refractivity contribution in [3.63, 3.8) is 0 Å². The molecule has 0 N–H and O–H groups in total. The van der Waals surface area contributed by atoms with Gasteiger partial charge in [-0.25, -0.2) is 4.98 Å². The lowest BCUT2D eigenvalue weighted by Gasteiger charge is -2.36. The van der Waals surface area contributed by atoms with Gasteiger partial charge in [-0.15, -0.1) is 0 Å². The fraction of sp³-hybridized carbons (Fsp3) is 0.346. The highest BCUT2D eigenvalue weighted by Crippen LogP contribution is 2.22. The van der Waals surface area contributed by atoms with Gasteiger partial charge in [0.2, 0.25) is 0 Å². The predicted octanol–water partition coefficient (Wildman–Crippen LogP) is 4.51. The van der Waals surface area contributed by atoms with Crippen molar-refractivity contribution >= 4 is 39.1 Å². The Morgan fingerprint density at radius 1 is 0.939 bits per heavy atom. The molecule has 2 aromatic carbocycles. The summed E-state index contributed by atoms with van der Waals surface area (Å²) in [7, 11) is 0. The molecule has 33 heavy (non-hydrogen) atoms. The average Bonchev–Trinajstić information content (AvgIpc) is 2.83. The van der Waals surface area contributed by atoms with Gasteiger partial charge in [-0.1, -0.05) is 29.3 Å². The van der Waals surface area contributed by atoms with Crippen LogP contribution in [-0.4, -0.2) is 52.2 Å². The number of benzene rings is 2. The fourth-order valence-corrected chi connectivity index (χ4v) is 4.79. The maximum absolute atomic E-state index is 13.0. The highest BCUT2D eigenvalue weighted by Gasteiger charge is 2.17. The minimum absolute atomic E-state index is 0.00829. The molecule has 0 unspecified atom stereocenters. The number of piperazine rings is 1. The molecule has 0 radical (unpaired) electrons. The Labute approximate surface area is 198 Å². The van der Waals surface area contributed by atoms with E-state index < -0.39 is 0 Å². The number of hydrogen-bond acceptors (Lipinski definition) is 5. The molecule has 1 saturated heterocycles. The third kappa shape index (κ3) is 4.72. The lowest BCUT2D eigenvalue weighted by molar-refractivity contribution is 0.251. The van der Waals surface area contributed by atoms with Gasteiger partial charge in [0.1, 0.15) is 0 Å². The quantitative estimate of drug-likeness (QED) is 0.312. The Morgan fingerprint density at radius 3 is 2.58 bits per heavy atom. The van der Waals surface area contributed by atoms with Gasteiger partial charge in [0.25, 0.3) is 5.56 Å². The first-order valence-electron chi connectivity index (χ1n) is 11.6. The highest BCUT2D eigenvalue weighted by molar-refractivity contribution is 6.30. The standard InChI is InChI=1S/C26H28ClN5O/c1-19-7-8-24-22(15-19)25-23(17-28-24)26(33)32(18-29-25)10-3-2-9-30-11-13-31(14-12-30)21-6-4-5-20(27)16-21/h4-8,15-18H,2-3,9-14H2,1H3. The van der Waals surface area contributed by atoms with Crippen molar-refractivity contribution < 1.29 is 0 Å². The lowest BCUT2D eigenvalue weighted by Crippen LogP contribution is -2.46. The molecule has 4 aromatic rings. The first kappa shape index (κ1) is 21.9. The maximum Gasteiger partial charge on any atom is 0.262 e. The Bertz CT molecular complexity index is 1340. The minimum atomic E-state index is -0.00829. The van der Waals surface area contributed by atoms with Gasteiger partial charge in [-0.05, 0) is 56.6 Å². The van der Waals surface area contributed by atoms with E-state index in [0.717, 1.165) is 72.6 Å². The monoisotopic (exact) mass is 461 g/mol. The van der Waals surface area contributed by atoms with Gasteiger partial charge >= 0.3 is 0 Å². The van der Waals surface area contributed by atoms with Crippen LogP contribution in [-0.2, 0) is 6.54 Å². The molecule has 170 valence electrons. The van der Waals surface area contributed by atoms with Crippen LogP contribution in [0.15, 0.2) is 59.8 Å². The molecule has 0 aliphatic carbocycles. The molecule has 1 aliphatic heterocycles. The number of aromatic nitrogens is 3. The van der Waals surface area contributed by atoms with E-state index in [2.05, 4.69) is 25.8 Å². The molecule has 3 heterocycles. The molecule has 0 spiro atoms. The number of hydrogen-bond donors (Lipinski definition) is 0. The van der Waals surface area contributed by atoms with Crippen LogP contribution in [0.2, 0.25) is 5.02 Å². The number of fused-ring (bicyclic) bond motifs is 3. The van der Waals surface area contributed by atoms with Crippen LogP contribution < -0.4 is 10.5 Å². The second kappa shape index (κ2) is 9.49. The highest BCUT2D eigenvalue weighted by atomic mass is 35.5. The molecule has 5 rings (SSSR count). The summed E-state index contributed by atoms with van der Waals surface area (Å²) < 4.78 is 1.72. The van der Waals surface area contributed by atoms with E-state index in [9.17, 15) is 4.79 Å². The summed E-state index contributed by atoms with van der Waals surface area (Å²) in [4.78, 5) is 27.0. The summed E-state index contributed by atoms with van der Waals surface area (Å²) in [5.74, 6) is 0. The van der Waals surface area contributed by atoms with Crippen molar-refractivity contribution in [2.75, 3.05) is 37.6 Å². The van der Waals surface area contributed by atoms with Crippen molar-refractivity contribution in [3.05, 3.63) is 75.9 Å². The van der Waals surface area contributed by atoms with Gasteiger partial charge in [-0.3, -0.25) is 19.2 Å². The maximum atomic E-state index is 13.0. The van der Waals surface area contributed by atoms with Crippen LogP contribution >= 0.6 is 11.6 Å². The van der Waals surface area contributed by atoms with Gasteiger partial charge in [-0.2, -0.15) is 0 Å². The van der Waals surface area contributed by atoms with E-state index in [0.29, 0.717) is 11.9 Å². The van der Waals surface area contributed by atoms with Gasteiger partial charge in [0, 0.05) is 55.0 Å². The van der Waals surface area contributed by atoms with E-state index in [1.807, 2.05) is 43.3 Å². The Morgan fingerprint density at radius 2 is 1.76 bits per heavy atom. The molecule has 6 nitrogen and oxygen atoms in total. The SMILES string of the molecule is Cc1ccc2ncc3c(=O)n(CCCCN4CCN(c5cccc(Cl)c5)CC4)cnc3c2c1. The van der Waals surface area contributed by atoms with Crippen molar-refractivity contribution in [3.8, 4) is 0 Å². The molecule has 7 heteroatoms. The zero-order valence-electron chi connectivity index (χ0n) is 18.9. The zero-order valence-corrected chi connectivity index (χ0v) is 19.6. The first-order chi connectivity index (χ1) is 16.1. The van der Waals surface area contributed by atoms with E-state index in [-0.39, 0.29) is 5.56 Å². The predicted molar refractivity (Wildman–Crippen MR) is 135 cm³/mol. The van der Waals surface area contributed by atoms with Gasteiger partial charge < -0.3 is 4.90 Å². The van der Waals surface area contributed by atoms with Gasteiger partial charge in [0.15, 0.2) is 0 Å². The zero-order chi connectivity index (χ0) is 22.8. The third-order valence-electron chi connectivity index (χ3n) is 6.48. The topological polar surface area (TPSA) is 54.3 Å². The van der Waals surface area contributed by atoms with Crippen LogP contribution in [0.5, 0.6) is 0 Å². The third-order valence-corrected chi connectivity index (χ3v) is 6.72. The second-order valence-corrected chi connectivity index (χ2v) is 9.24. The Balaban J connectivity index is 1.16. The van der Waals surface area contributed by atoms with Crippen LogP contribution in [0.3, 0.4) is 0 Å². The Kier molecular flexibility index (Phi) is 6.29. The van der Waals surface area contributed by atoms with Crippen molar-refractivity contribution in [1.82, 2.24) is 19.4 Å². The summed E-state index contributed by atoms with van der Waals surface area (Å²) in [5.41, 5.74) is 3.93. The molecule has 0 amide bonds. The molecule has 2 aromatic heterocycles. The average molecular weight is 462 g/mol. The number of rotatable bonds is 6.